The highest BCUT2D eigenvalue weighted by Crippen LogP contribution is 2.36. The number of amides is 1. The number of aromatic nitrogens is 1. The van der Waals surface area contributed by atoms with E-state index in [4.69, 9.17) is 0 Å². The molecule has 0 bridgehead atoms. The Labute approximate surface area is 118 Å². The molecule has 108 valence electrons. The van der Waals surface area contributed by atoms with Gasteiger partial charge in [-0.25, -0.2) is 0 Å². The van der Waals surface area contributed by atoms with Gasteiger partial charge >= 0.3 is 5.97 Å². The van der Waals surface area contributed by atoms with E-state index < -0.39 is 17.9 Å². The summed E-state index contributed by atoms with van der Waals surface area (Å²) in [6.07, 6.45) is 3.17. The van der Waals surface area contributed by atoms with E-state index in [0.717, 1.165) is 0 Å². The Kier molecular flexibility index (Phi) is 4.37. The predicted molar refractivity (Wildman–Crippen MR) is 73.9 cm³/mol. The molecule has 20 heavy (non-hydrogen) atoms. The Bertz CT molecular complexity index is 487. The molecule has 0 aliphatic carbocycles. The molecular formula is C15H20N2O3. The van der Waals surface area contributed by atoms with E-state index in [9.17, 15) is 14.7 Å². The van der Waals surface area contributed by atoms with Crippen LogP contribution in [0.15, 0.2) is 24.4 Å². The number of likely N-dealkylation sites (tertiary alicyclic amines) is 1. The van der Waals surface area contributed by atoms with Crippen molar-refractivity contribution in [2.75, 3.05) is 0 Å². The van der Waals surface area contributed by atoms with Crippen molar-refractivity contribution in [1.82, 2.24) is 9.88 Å². The van der Waals surface area contributed by atoms with Gasteiger partial charge in [0.2, 0.25) is 5.91 Å². The van der Waals surface area contributed by atoms with Crippen molar-refractivity contribution in [3.05, 3.63) is 30.1 Å². The molecule has 1 amide bonds. The second kappa shape index (κ2) is 6.03. The monoisotopic (exact) mass is 276 g/mol. The standard InChI is InChI=1S/C15H20N2O3/c1-10(2)17-13(18)8-5-6-11(15(19)20)14(17)12-7-3-4-9-16-12/h3-4,7,9-11,14H,5-6,8H2,1-2H3,(H,19,20). The third-order valence-electron chi connectivity index (χ3n) is 3.74. The van der Waals surface area contributed by atoms with Gasteiger partial charge in [-0.05, 0) is 38.8 Å². The molecule has 0 aromatic carbocycles. The van der Waals surface area contributed by atoms with Gasteiger partial charge in [0.05, 0.1) is 17.7 Å². The Balaban J connectivity index is 2.49. The van der Waals surface area contributed by atoms with E-state index in [1.54, 1.807) is 23.2 Å². The van der Waals surface area contributed by atoms with Crippen molar-refractivity contribution in [2.24, 2.45) is 5.92 Å². The zero-order valence-electron chi connectivity index (χ0n) is 11.8. The summed E-state index contributed by atoms with van der Waals surface area (Å²) in [5.74, 6) is -1.45. The third-order valence-corrected chi connectivity index (χ3v) is 3.74. The molecule has 1 saturated heterocycles. The minimum Gasteiger partial charge on any atom is -0.481 e. The second-order valence-electron chi connectivity index (χ2n) is 5.43. The fraction of sp³-hybridized carbons (Fsp3) is 0.533. The molecule has 2 rings (SSSR count). The summed E-state index contributed by atoms with van der Waals surface area (Å²) in [4.78, 5) is 29.9. The van der Waals surface area contributed by atoms with Crippen LogP contribution < -0.4 is 0 Å². The Morgan fingerprint density at radius 2 is 2.20 bits per heavy atom. The molecule has 1 aliphatic heterocycles. The molecule has 1 aromatic rings. The maximum absolute atomic E-state index is 12.3. The number of nitrogens with zero attached hydrogens (tertiary/aromatic N) is 2. The topological polar surface area (TPSA) is 70.5 Å². The normalized spacial score (nSPS) is 23.8. The zero-order chi connectivity index (χ0) is 14.7. The SMILES string of the molecule is CC(C)N1C(=O)CCCC(C(=O)O)C1c1ccccn1. The largest absolute Gasteiger partial charge is 0.481 e. The second-order valence-corrected chi connectivity index (χ2v) is 5.43. The van der Waals surface area contributed by atoms with Gasteiger partial charge in [-0.3, -0.25) is 14.6 Å². The number of pyridine rings is 1. The lowest BCUT2D eigenvalue weighted by molar-refractivity contribution is -0.147. The summed E-state index contributed by atoms with van der Waals surface area (Å²) in [7, 11) is 0. The van der Waals surface area contributed by atoms with Crippen molar-refractivity contribution in [3.63, 3.8) is 0 Å². The number of carboxylic acid groups (broad SMARTS) is 1. The number of hydrogen-bond acceptors (Lipinski definition) is 3. The smallest absolute Gasteiger partial charge is 0.309 e. The van der Waals surface area contributed by atoms with Crippen LogP contribution >= 0.6 is 0 Å². The maximum atomic E-state index is 12.3. The van der Waals surface area contributed by atoms with Gasteiger partial charge in [-0.15, -0.1) is 0 Å². The first-order chi connectivity index (χ1) is 9.52. The van der Waals surface area contributed by atoms with Crippen LogP contribution in [0.3, 0.4) is 0 Å². The summed E-state index contributed by atoms with van der Waals surface area (Å²) in [5.41, 5.74) is 0.656. The third kappa shape index (κ3) is 2.81. The van der Waals surface area contributed by atoms with Crippen LogP contribution in [0, 0.1) is 5.92 Å². The lowest BCUT2D eigenvalue weighted by Gasteiger charge is -2.36. The van der Waals surface area contributed by atoms with E-state index >= 15 is 0 Å². The molecule has 5 heteroatoms. The van der Waals surface area contributed by atoms with Crippen molar-refractivity contribution < 1.29 is 14.7 Å². The highest BCUT2D eigenvalue weighted by atomic mass is 16.4. The molecule has 1 N–H and O–H groups in total. The molecule has 1 aliphatic rings. The molecule has 1 aromatic heterocycles. The first-order valence-corrected chi connectivity index (χ1v) is 6.97. The van der Waals surface area contributed by atoms with Gasteiger partial charge in [0.25, 0.3) is 0 Å². The van der Waals surface area contributed by atoms with Crippen LogP contribution in [0.25, 0.3) is 0 Å². The number of rotatable bonds is 3. The minimum absolute atomic E-state index is 0.0133. The van der Waals surface area contributed by atoms with Crippen molar-refractivity contribution in [3.8, 4) is 0 Å². The van der Waals surface area contributed by atoms with Crippen LogP contribution in [-0.4, -0.2) is 32.9 Å². The lowest BCUT2D eigenvalue weighted by atomic mass is 9.91. The number of carbonyl (C=O) groups is 2. The quantitative estimate of drug-likeness (QED) is 0.919. The van der Waals surface area contributed by atoms with Crippen molar-refractivity contribution in [2.45, 2.75) is 45.2 Å². The zero-order valence-corrected chi connectivity index (χ0v) is 11.8. The van der Waals surface area contributed by atoms with Crippen LogP contribution in [0.5, 0.6) is 0 Å². The Hall–Kier alpha value is -1.91. The summed E-state index contributed by atoms with van der Waals surface area (Å²) in [6, 6.07) is 4.89. The van der Waals surface area contributed by atoms with Gasteiger partial charge in [-0.2, -0.15) is 0 Å². The van der Waals surface area contributed by atoms with E-state index in [0.29, 0.717) is 25.0 Å². The molecular weight excluding hydrogens is 256 g/mol. The molecule has 2 heterocycles. The first-order valence-electron chi connectivity index (χ1n) is 6.97. The molecule has 1 fully saturated rings. The highest BCUT2D eigenvalue weighted by Gasteiger charge is 2.40. The Morgan fingerprint density at radius 1 is 1.45 bits per heavy atom. The van der Waals surface area contributed by atoms with Crippen LogP contribution in [0.1, 0.15) is 44.8 Å². The van der Waals surface area contributed by atoms with Crippen LogP contribution in [-0.2, 0) is 9.59 Å². The average molecular weight is 276 g/mol. The molecule has 0 spiro atoms. The van der Waals surface area contributed by atoms with Gasteiger partial charge in [0, 0.05) is 18.7 Å². The molecule has 2 unspecified atom stereocenters. The molecule has 5 nitrogen and oxygen atoms in total. The maximum Gasteiger partial charge on any atom is 0.309 e. The van der Waals surface area contributed by atoms with Gasteiger partial charge in [0.15, 0.2) is 0 Å². The summed E-state index contributed by atoms with van der Waals surface area (Å²) >= 11 is 0. The first kappa shape index (κ1) is 14.5. The minimum atomic E-state index is -0.860. The van der Waals surface area contributed by atoms with Gasteiger partial charge < -0.3 is 10.0 Å². The molecule has 2 atom stereocenters. The van der Waals surface area contributed by atoms with Crippen molar-refractivity contribution >= 4 is 11.9 Å². The fourth-order valence-electron chi connectivity index (χ4n) is 2.88. The molecule has 0 radical (unpaired) electrons. The number of carbonyl (C=O) groups excluding carboxylic acids is 1. The summed E-state index contributed by atoms with van der Waals surface area (Å²) < 4.78 is 0. The number of aliphatic carboxylic acids is 1. The van der Waals surface area contributed by atoms with E-state index in [2.05, 4.69) is 4.98 Å². The fourth-order valence-corrected chi connectivity index (χ4v) is 2.88. The van der Waals surface area contributed by atoms with Crippen LogP contribution in [0.4, 0.5) is 0 Å². The van der Waals surface area contributed by atoms with Crippen LogP contribution in [0.2, 0.25) is 0 Å². The van der Waals surface area contributed by atoms with Crippen molar-refractivity contribution in [1.29, 1.82) is 0 Å². The summed E-state index contributed by atoms with van der Waals surface area (Å²) in [6.45, 7) is 3.83. The van der Waals surface area contributed by atoms with E-state index in [1.165, 1.54) is 0 Å². The molecule has 0 saturated carbocycles. The Morgan fingerprint density at radius 3 is 2.75 bits per heavy atom. The highest BCUT2D eigenvalue weighted by molar-refractivity contribution is 5.80. The van der Waals surface area contributed by atoms with E-state index in [1.807, 2.05) is 19.9 Å². The van der Waals surface area contributed by atoms with Gasteiger partial charge in [-0.1, -0.05) is 6.07 Å². The average Bonchev–Trinajstić information content (AvgIpc) is 2.58. The lowest BCUT2D eigenvalue weighted by Crippen LogP contribution is -2.43. The van der Waals surface area contributed by atoms with E-state index in [-0.39, 0.29) is 11.9 Å². The number of carboxylic acids is 1. The predicted octanol–water partition coefficient (Wildman–Crippen LogP) is 2.24. The number of hydrogen-bond donors (Lipinski definition) is 1. The van der Waals surface area contributed by atoms with Gasteiger partial charge in [0.1, 0.15) is 0 Å². The summed E-state index contributed by atoms with van der Waals surface area (Å²) in [5, 5.41) is 9.52.